The van der Waals surface area contributed by atoms with E-state index in [1.165, 1.54) is 6.07 Å². The van der Waals surface area contributed by atoms with Gasteiger partial charge in [0.2, 0.25) is 0 Å². The minimum Gasteiger partial charge on any atom is -0.507 e. The first kappa shape index (κ1) is 14.6. The largest absolute Gasteiger partial charge is 0.507 e. The van der Waals surface area contributed by atoms with Gasteiger partial charge in [0.25, 0.3) is 5.91 Å². The smallest absolute Gasteiger partial charge is 0.258 e. The number of hydrogen-bond donors (Lipinski definition) is 2. The van der Waals surface area contributed by atoms with Crippen LogP contribution >= 0.6 is 22.6 Å². The molecule has 2 aromatic carbocycles. The number of phenolic OH excluding ortho intramolecular Hbond substituents is 1. The van der Waals surface area contributed by atoms with Crippen molar-refractivity contribution in [3.05, 3.63) is 51.6 Å². The zero-order valence-electron chi connectivity index (χ0n) is 11.0. The van der Waals surface area contributed by atoms with Crippen molar-refractivity contribution in [2.45, 2.75) is 6.92 Å². The molecular formula is C15H15IN2O2. The third-order valence-corrected chi connectivity index (χ3v) is 3.85. The highest BCUT2D eigenvalue weighted by atomic mass is 127. The number of anilines is 2. The molecule has 0 bridgehead atoms. The number of benzene rings is 2. The molecule has 4 nitrogen and oxygen atoms in total. The fraction of sp³-hybridized carbons (Fsp3) is 0.133. The number of nitrogen functional groups attached to an aromatic ring is 1. The van der Waals surface area contributed by atoms with Crippen molar-refractivity contribution in [3.8, 4) is 5.75 Å². The summed E-state index contributed by atoms with van der Waals surface area (Å²) in [6.45, 7) is 2.42. The first-order valence-corrected chi connectivity index (χ1v) is 7.26. The van der Waals surface area contributed by atoms with Crippen LogP contribution in [0.2, 0.25) is 0 Å². The maximum Gasteiger partial charge on any atom is 0.258 e. The van der Waals surface area contributed by atoms with Crippen LogP contribution in [0.3, 0.4) is 0 Å². The lowest BCUT2D eigenvalue weighted by atomic mass is 10.1. The Morgan fingerprint density at radius 3 is 2.65 bits per heavy atom. The predicted molar refractivity (Wildman–Crippen MR) is 89.0 cm³/mol. The number of nitrogens with zero attached hydrogens (tertiary/aromatic N) is 1. The zero-order chi connectivity index (χ0) is 14.7. The van der Waals surface area contributed by atoms with Gasteiger partial charge >= 0.3 is 0 Å². The molecular weight excluding hydrogens is 367 g/mol. The van der Waals surface area contributed by atoms with Crippen molar-refractivity contribution in [3.63, 3.8) is 0 Å². The maximum atomic E-state index is 12.5. The molecule has 0 spiro atoms. The Morgan fingerprint density at radius 1 is 1.30 bits per heavy atom. The van der Waals surface area contributed by atoms with Crippen molar-refractivity contribution >= 4 is 39.9 Å². The van der Waals surface area contributed by atoms with E-state index in [-0.39, 0.29) is 11.7 Å². The molecule has 1 amide bonds. The van der Waals surface area contributed by atoms with Crippen LogP contribution in [0, 0.1) is 3.57 Å². The van der Waals surface area contributed by atoms with Gasteiger partial charge in [-0.05, 0) is 65.9 Å². The molecule has 0 atom stereocenters. The number of carbonyl (C=O) groups is 1. The summed E-state index contributed by atoms with van der Waals surface area (Å²) >= 11 is 2.02. The molecule has 0 unspecified atom stereocenters. The fourth-order valence-electron chi connectivity index (χ4n) is 1.94. The average Bonchev–Trinajstić information content (AvgIpc) is 2.42. The molecule has 0 aliphatic rings. The first-order valence-electron chi connectivity index (χ1n) is 6.19. The van der Waals surface area contributed by atoms with Gasteiger partial charge < -0.3 is 15.7 Å². The Morgan fingerprint density at radius 2 is 2.05 bits per heavy atom. The molecule has 2 rings (SSSR count). The number of amides is 1. The van der Waals surface area contributed by atoms with Crippen LogP contribution in [-0.2, 0) is 0 Å². The number of phenols is 1. The molecule has 0 radical (unpaired) electrons. The first-order chi connectivity index (χ1) is 9.52. The SMILES string of the molecule is CCN(C(=O)c1ccc(I)c(O)c1)c1cccc(N)c1. The summed E-state index contributed by atoms with van der Waals surface area (Å²) in [4.78, 5) is 14.1. The summed E-state index contributed by atoms with van der Waals surface area (Å²) in [5.41, 5.74) is 7.56. The van der Waals surface area contributed by atoms with Crippen LogP contribution in [0.4, 0.5) is 11.4 Å². The Balaban J connectivity index is 2.36. The highest BCUT2D eigenvalue weighted by Crippen LogP contribution is 2.24. The van der Waals surface area contributed by atoms with Gasteiger partial charge in [-0.1, -0.05) is 6.07 Å². The summed E-state index contributed by atoms with van der Waals surface area (Å²) < 4.78 is 0.714. The lowest BCUT2D eigenvalue weighted by molar-refractivity contribution is 0.0988. The van der Waals surface area contributed by atoms with Crippen LogP contribution in [0.15, 0.2) is 42.5 Å². The van der Waals surface area contributed by atoms with E-state index in [2.05, 4.69) is 0 Å². The summed E-state index contributed by atoms with van der Waals surface area (Å²) in [7, 11) is 0. The van der Waals surface area contributed by atoms with Crippen molar-refractivity contribution in [2.24, 2.45) is 0 Å². The Labute approximate surface area is 131 Å². The van der Waals surface area contributed by atoms with Gasteiger partial charge in [0.1, 0.15) is 5.75 Å². The summed E-state index contributed by atoms with van der Waals surface area (Å²) in [6, 6.07) is 12.1. The quantitative estimate of drug-likeness (QED) is 0.633. The van der Waals surface area contributed by atoms with Crippen molar-refractivity contribution < 1.29 is 9.90 Å². The van der Waals surface area contributed by atoms with Crippen LogP contribution < -0.4 is 10.6 Å². The fourth-order valence-corrected chi connectivity index (χ4v) is 2.27. The van der Waals surface area contributed by atoms with E-state index in [4.69, 9.17) is 5.73 Å². The molecule has 3 N–H and O–H groups in total. The number of carbonyl (C=O) groups excluding carboxylic acids is 1. The Kier molecular flexibility index (Phi) is 4.49. The molecule has 104 valence electrons. The van der Waals surface area contributed by atoms with Crippen LogP contribution in [0.5, 0.6) is 5.75 Å². The number of rotatable bonds is 3. The van der Waals surface area contributed by atoms with E-state index in [1.807, 2.05) is 41.6 Å². The second kappa shape index (κ2) is 6.13. The average molecular weight is 382 g/mol. The Bertz CT molecular complexity index is 644. The number of hydrogen-bond acceptors (Lipinski definition) is 3. The molecule has 0 aromatic heterocycles. The zero-order valence-corrected chi connectivity index (χ0v) is 13.2. The van der Waals surface area contributed by atoms with Gasteiger partial charge in [-0.2, -0.15) is 0 Å². The summed E-state index contributed by atoms with van der Waals surface area (Å²) in [5.74, 6) is -0.0510. The van der Waals surface area contributed by atoms with Crippen LogP contribution in [0.25, 0.3) is 0 Å². The highest BCUT2D eigenvalue weighted by Gasteiger charge is 2.17. The van der Waals surface area contributed by atoms with Crippen molar-refractivity contribution in [2.75, 3.05) is 17.2 Å². The van der Waals surface area contributed by atoms with Crippen LogP contribution in [-0.4, -0.2) is 17.6 Å². The third kappa shape index (κ3) is 3.04. The lowest BCUT2D eigenvalue weighted by Crippen LogP contribution is -2.30. The molecule has 2 aromatic rings. The molecule has 0 aliphatic carbocycles. The van der Waals surface area contributed by atoms with Crippen LogP contribution in [0.1, 0.15) is 17.3 Å². The molecule has 0 aliphatic heterocycles. The Hall–Kier alpha value is -1.76. The van der Waals surface area contributed by atoms with E-state index in [9.17, 15) is 9.90 Å². The van der Waals surface area contributed by atoms with E-state index in [1.54, 1.807) is 29.2 Å². The van der Waals surface area contributed by atoms with Gasteiger partial charge in [0.15, 0.2) is 0 Å². The van der Waals surface area contributed by atoms with Crippen molar-refractivity contribution in [1.29, 1.82) is 0 Å². The topological polar surface area (TPSA) is 66.6 Å². The van der Waals surface area contributed by atoms with Crippen molar-refractivity contribution in [1.82, 2.24) is 0 Å². The normalized spacial score (nSPS) is 10.3. The van der Waals surface area contributed by atoms with Gasteiger partial charge in [-0.15, -0.1) is 0 Å². The predicted octanol–water partition coefficient (Wildman–Crippen LogP) is 3.25. The minimum atomic E-state index is -0.162. The minimum absolute atomic E-state index is 0.111. The molecule has 0 fully saturated rings. The molecule has 5 heteroatoms. The second-order valence-corrected chi connectivity index (χ2v) is 5.47. The van der Waals surface area contributed by atoms with E-state index in [0.717, 1.165) is 5.69 Å². The molecule has 0 heterocycles. The van der Waals surface area contributed by atoms with Gasteiger partial charge in [0.05, 0.1) is 3.57 Å². The summed E-state index contributed by atoms with van der Waals surface area (Å²) in [5, 5.41) is 9.72. The molecule has 20 heavy (non-hydrogen) atoms. The summed E-state index contributed by atoms with van der Waals surface area (Å²) in [6.07, 6.45) is 0. The van der Waals surface area contributed by atoms with E-state index >= 15 is 0 Å². The number of halogens is 1. The monoisotopic (exact) mass is 382 g/mol. The lowest BCUT2D eigenvalue weighted by Gasteiger charge is -2.21. The maximum absolute atomic E-state index is 12.5. The highest BCUT2D eigenvalue weighted by molar-refractivity contribution is 14.1. The van der Waals surface area contributed by atoms with Gasteiger partial charge in [-0.3, -0.25) is 4.79 Å². The van der Waals surface area contributed by atoms with E-state index < -0.39 is 0 Å². The van der Waals surface area contributed by atoms with E-state index in [0.29, 0.717) is 21.4 Å². The number of nitrogens with two attached hydrogens (primary N) is 1. The second-order valence-electron chi connectivity index (χ2n) is 4.31. The number of aromatic hydroxyl groups is 1. The van der Waals surface area contributed by atoms with Gasteiger partial charge in [-0.25, -0.2) is 0 Å². The third-order valence-electron chi connectivity index (χ3n) is 2.94. The van der Waals surface area contributed by atoms with Gasteiger partial charge in [0, 0.05) is 23.5 Å². The molecule has 0 saturated heterocycles. The standard InChI is InChI=1S/C15H15IN2O2/c1-2-18(12-5-3-4-11(17)9-12)15(20)10-6-7-13(16)14(19)8-10/h3-9,19H,2,17H2,1H3. The molecule has 0 saturated carbocycles.